The van der Waals surface area contributed by atoms with E-state index in [0.717, 1.165) is 13.1 Å². The van der Waals surface area contributed by atoms with E-state index in [-0.39, 0.29) is 0 Å². The first-order chi connectivity index (χ1) is 12.8. The molecule has 144 valence electrons. The molecule has 0 aliphatic heterocycles. The maximum Gasteiger partial charge on any atom is 0.315 e. The van der Waals surface area contributed by atoms with Crippen LogP contribution in [0.15, 0.2) is 60.7 Å². The first-order valence-corrected chi connectivity index (χ1v) is 11.1. The molecule has 27 heavy (non-hydrogen) atoms. The van der Waals surface area contributed by atoms with Gasteiger partial charge in [0.25, 0.3) is 0 Å². The molecule has 3 aromatic rings. The maximum absolute atomic E-state index is 8.49. The van der Waals surface area contributed by atoms with Gasteiger partial charge < -0.3 is 0 Å². The van der Waals surface area contributed by atoms with Crippen LogP contribution in [0.4, 0.5) is 0 Å². The number of hydrogen-bond donors (Lipinski definition) is 0. The lowest BCUT2D eigenvalue weighted by molar-refractivity contribution is -2.00. The second-order valence-electron chi connectivity index (χ2n) is 5.41. The zero-order valence-corrected chi connectivity index (χ0v) is 17.4. The summed E-state index contributed by atoms with van der Waals surface area (Å²) in [7, 11) is -4.94. The highest BCUT2D eigenvalue weighted by molar-refractivity contribution is 7.32. The summed E-state index contributed by atoms with van der Waals surface area (Å²) in [5, 5.41) is 0. The van der Waals surface area contributed by atoms with Gasteiger partial charge in [-0.25, -0.2) is 23.2 Å². The highest BCUT2D eigenvalue weighted by Crippen LogP contribution is 2.37. The zero-order valence-electron chi connectivity index (χ0n) is 15.0. The van der Waals surface area contributed by atoms with E-state index in [1.54, 1.807) is 0 Å². The fraction of sp³-hybridized carbons (Fsp3) is 0.211. The molecule has 0 radical (unpaired) electrons. The quantitative estimate of drug-likeness (QED) is 0.558. The van der Waals surface area contributed by atoms with E-state index in [1.807, 2.05) is 22.7 Å². The lowest BCUT2D eigenvalue weighted by Crippen LogP contribution is -2.68. The molecule has 0 saturated heterocycles. The summed E-state index contributed by atoms with van der Waals surface area (Å²) in [6.45, 7) is 6.55. The van der Waals surface area contributed by atoms with E-state index in [2.05, 4.69) is 79.1 Å². The van der Waals surface area contributed by atoms with Crippen molar-refractivity contribution in [2.24, 2.45) is 0 Å². The molecule has 2 aromatic carbocycles. The topological polar surface area (TPSA) is 95.2 Å². The van der Waals surface area contributed by atoms with Crippen LogP contribution in [0.3, 0.4) is 0 Å². The normalized spacial score (nSPS) is 10.9. The second kappa shape index (κ2) is 10.1. The van der Waals surface area contributed by atoms with Crippen molar-refractivity contribution < 1.29 is 28.9 Å². The molecule has 0 N–H and O–H groups in total. The number of nitrogens with zero attached hydrogens (tertiary/aromatic N) is 1. The summed E-state index contributed by atoms with van der Waals surface area (Å²) in [5.74, 6) is 0. The van der Waals surface area contributed by atoms with Crippen molar-refractivity contribution in [3.05, 3.63) is 64.6 Å². The van der Waals surface area contributed by atoms with Gasteiger partial charge in [0.05, 0.1) is 9.75 Å². The molecule has 3 rings (SSSR count). The maximum atomic E-state index is 8.49. The Hall–Kier alpha value is -1.58. The van der Waals surface area contributed by atoms with Crippen molar-refractivity contribution in [3.8, 4) is 20.9 Å². The van der Waals surface area contributed by atoms with Gasteiger partial charge >= 0.3 is 3.98 Å². The Morgan fingerprint density at radius 3 is 1.33 bits per heavy atom. The number of rotatable bonds is 4. The molecule has 5 nitrogen and oxygen atoms in total. The third-order valence-corrected chi connectivity index (χ3v) is 6.46. The summed E-state index contributed by atoms with van der Waals surface area (Å²) < 4.78 is 37.8. The SMILES string of the molecule is CC[N+](CC)=c1sc(-c2ccccc2)c(-c2ccccc2)s1.[O-][Cl+3]([O-])([O-])[O-]. The van der Waals surface area contributed by atoms with Gasteiger partial charge in [0.1, 0.15) is 13.1 Å². The van der Waals surface area contributed by atoms with Gasteiger partial charge in [-0.05, 0) is 25.0 Å². The van der Waals surface area contributed by atoms with Gasteiger partial charge in [-0.15, -0.1) is 10.2 Å². The monoisotopic (exact) mass is 425 g/mol. The van der Waals surface area contributed by atoms with Crippen LogP contribution in [0.1, 0.15) is 13.8 Å². The minimum Gasteiger partial charge on any atom is -0.222 e. The molecule has 1 heterocycles. The fourth-order valence-corrected chi connectivity index (χ4v) is 5.43. The van der Waals surface area contributed by atoms with E-state index in [4.69, 9.17) is 18.6 Å². The fourth-order valence-electron chi connectivity index (χ4n) is 2.46. The van der Waals surface area contributed by atoms with Crippen LogP contribution in [-0.2, 0) is 0 Å². The number of hydrogen-bond acceptors (Lipinski definition) is 6. The van der Waals surface area contributed by atoms with Crippen LogP contribution in [0.5, 0.6) is 0 Å². The van der Waals surface area contributed by atoms with Gasteiger partial charge in [-0.2, -0.15) is 0 Å². The summed E-state index contributed by atoms with van der Waals surface area (Å²) >= 11 is 3.82. The lowest BCUT2D eigenvalue weighted by Gasteiger charge is -2.17. The Morgan fingerprint density at radius 1 is 0.704 bits per heavy atom. The van der Waals surface area contributed by atoms with Crippen molar-refractivity contribution in [2.45, 2.75) is 13.8 Å². The number of benzene rings is 2. The summed E-state index contributed by atoms with van der Waals surface area (Å²) in [6.07, 6.45) is 0. The molecule has 8 heteroatoms. The summed E-state index contributed by atoms with van der Waals surface area (Å²) in [4.78, 5) is 2.75. The molecule has 0 aliphatic carbocycles. The Kier molecular flexibility index (Phi) is 8.12. The first-order valence-electron chi connectivity index (χ1n) is 8.28. The van der Waals surface area contributed by atoms with Crippen LogP contribution in [0.2, 0.25) is 0 Å². The molecular weight excluding hydrogens is 406 g/mol. The van der Waals surface area contributed by atoms with E-state index in [9.17, 15) is 0 Å². The highest BCUT2D eigenvalue weighted by Gasteiger charge is 2.15. The van der Waals surface area contributed by atoms with Gasteiger partial charge in [-0.1, -0.05) is 83.3 Å². The summed E-state index contributed by atoms with van der Waals surface area (Å²) in [5.41, 5.74) is 2.61. The summed E-state index contributed by atoms with van der Waals surface area (Å²) in [6, 6.07) is 21.4. The van der Waals surface area contributed by atoms with E-state index >= 15 is 0 Å². The molecule has 0 aliphatic rings. The third-order valence-electron chi connectivity index (χ3n) is 3.68. The van der Waals surface area contributed by atoms with Crippen LogP contribution < -0.4 is 27.2 Å². The molecule has 0 bridgehead atoms. The van der Waals surface area contributed by atoms with Gasteiger partial charge in [0.2, 0.25) is 0 Å². The van der Waals surface area contributed by atoms with E-state index in [1.165, 1.54) is 24.9 Å². The first kappa shape index (κ1) is 21.7. The standard InChI is InChI=1S/C19H20NS2.ClHO4/c1-3-20(4-2)19-21-17(15-11-7-5-8-12-15)18(22-19)16-13-9-6-10-14-16;2-1(3,4)5/h5-14H,3-4H2,1-2H3;(H,2,3,4,5)/q+1;/p-1. The molecule has 0 saturated carbocycles. The molecule has 0 fully saturated rings. The van der Waals surface area contributed by atoms with Crippen molar-refractivity contribution >= 4 is 22.7 Å². The Bertz CT molecular complexity index is 831. The van der Waals surface area contributed by atoms with Crippen molar-refractivity contribution in [3.63, 3.8) is 0 Å². The highest BCUT2D eigenvalue weighted by atomic mass is 35.7. The molecular formula is C19H20ClNO4S2. The molecule has 1 aromatic heterocycles. The minimum atomic E-state index is -4.94. The van der Waals surface area contributed by atoms with Crippen molar-refractivity contribution in [1.82, 2.24) is 4.58 Å². The second-order valence-corrected chi connectivity index (χ2v) is 8.42. The van der Waals surface area contributed by atoms with Gasteiger partial charge in [0, 0.05) is 0 Å². The average molecular weight is 426 g/mol. The number of halogens is 1. The zero-order chi connectivity index (χ0) is 19.9. The Balaban J connectivity index is 0.000000465. The predicted molar refractivity (Wildman–Crippen MR) is 99.4 cm³/mol. The predicted octanol–water partition coefficient (Wildman–Crippen LogP) is 0.200. The smallest absolute Gasteiger partial charge is 0.222 e. The minimum absolute atomic E-state index is 1.05. The lowest BCUT2D eigenvalue weighted by atomic mass is 10.1. The molecule has 0 spiro atoms. The van der Waals surface area contributed by atoms with Gasteiger partial charge in [-0.3, -0.25) is 0 Å². The largest absolute Gasteiger partial charge is 0.315 e. The molecule has 0 unspecified atom stereocenters. The average Bonchev–Trinajstić information content (AvgIpc) is 3.08. The Labute approximate surface area is 168 Å². The third kappa shape index (κ3) is 6.82. The van der Waals surface area contributed by atoms with E-state index in [0.29, 0.717) is 0 Å². The van der Waals surface area contributed by atoms with Crippen molar-refractivity contribution in [1.29, 1.82) is 0 Å². The molecule has 0 atom stereocenters. The van der Waals surface area contributed by atoms with Gasteiger partial charge in [0.15, 0.2) is 0 Å². The van der Waals surface area contributed by atoms with Crippen LogP contribution in [0, 0.1) is 10.2 Å². The van der Waals surface area contributed by atoms with Crippen LogP contribution >= 0.6 is 22.7 Å². The molecule has 0 amide bonds. The van der Waals surface area contributed by atoms with Crippen LogP contribution in [-0.4, -0.2) is 13.1 Å². The van der Waals surface area contributed by atoms with Crippen molar-refractivity contribution in [2.75, 3.05) is 13.1 Å². The van der Waals surface area contributed by atoms with E-state index < -0.39 is 10.2 Å². The van der Waals surface area contributed by atoms with Crippen LogP contribution in [0.25, 0.3) is 20.9 Å². The Morgan fingerprint density at radius 2 is 1.04 bits per heavy atom.